The molecule has 1 aliphatic rings. The standard InChI is InChI=1S/C10H18F3NO/c1-3-15-8(2)14-6-4-9(5-7-14)10(11,12)13/h8-9H,3-7H2,1-2H3. The van der Waals surface area contributed by atoms with Gasteiger partial charge in [0, 0.05) is 19.7 Å². The van der Waals surface area contributed by atoms with Gasteiger partial charge in [0.1, 0.15) is 6.23 Å². The van der Waals surface area contributed by atoms with Gasteiger partial charge < -0.3 is 4.74 Å². The van der Waals surface area contributed by atoms with E-state index in [0.29, 0.717) is 19.7 Å². The van der Waals surface area contributed by atoms with Gasteiger partial charge in [0.2, 0.25) is 0 Å². The largest absolute Gasteiger partial charge is 0.391 e. The van der Waals surface area contributed by atoms with Crippen LogP contribution in [0.15, 0.2) is 0 Å². The van der Waals surface area contributed by atoms with Gasteiger partial charge in [0.15, 0.2) is 0 Å². The van der Waals surface area contributed by atoms with E-state index in [1.54, 1.807) is 0 Å². The molecule has 1 atom stereocenters. The lowest BCUT2D eigenvalue weighted by Gasteiger charge is -2.36. The predicted octanol–water partition coefficient (Wildman–Crippen LogP) is 2.64. The second-order valence-corrected chi connectivity index (χ2v) is 3.91. The summed E-state index contributed by atoms with van der Waals surface area (Å²) >= 11 is 0. The van der Waals surface area contributed by atoms with Crippen LogP contribution in [0.4, 0.5) is 13.2 Å². The Morgan fingerprint density at radius 1 is 1.33 bits per heavy atom. The molecule has 1 unspecified atom stereocenters. The molecule has 1 rings (SSSR count). The highest BCUT2D eigenvalue weighted by Gasteiger charge is 2.41. The van der Waals surface area contributed by atoms with Crippen molar-refractivity contribution < 1.29 is 17.9 Å². The summed E-state index contributed by atoms with van der Waals surface area (Å²) in [5.41, 5.74) is 0. The molecule has 1 saturated heterocycles. The zero-order valence-corrected chi connectivity index (χ0v) is 9.18. The summed E-state index contributed by atoms with van der Waals surface area (Å²) in [5, 5.41) is 0. The Morgan fingerprint density at radius 2 is 1.87 bits per heavy atom. The second-order valence-electron chi connectivity index (χ2n) is 3.91. The number of piperidine rings is 1. The van der Waals surface area contributed by atoms with Gasteiger partial charge in [0.05, 0.1) is 5.92 Å². The smallest absolute Gasteiger partial charge is 0.364 e. The zero-order valence-electron chi connectivity index (χ0n) is 9.18. The SMILES string of the molecule is CCOC(C)N1CCC(C(F)(F)F)CC1. The van der Waals surface area contributed by atoms with Crippen LogP contribution < -0.4 is 0 Å². The Hall–Kier alpha value is -0.290. The number of rotatable bonds is 3. The minimum absolute atomic E-state index is 0.0656. The van der Waals surface area contributed by atoms with Gasteiger partial charge in [-0.1, -0.05) is 0 Å². The Bertz CT molecular complexity index is 188. The van der Waals surface area contributed by atoms with Crippen LogP contribution in [-0.2, 0) is 4.74 Å². The van der Waals surface area contributed by atoms with Crippen LogP contribution in [-0.4, -0.2) is 37.0 Å². The maximum Gasteiger partial charge on any atom is 0.391 e. The number of halogens is 3. The maximum atomic E-state index is 12.4. The molecule has 0 aromatic carbocycles. The maximum absolute atomic E-state index is 12.4. The fourth-order valence-corrected chi connectivity index (χ4v) is 1.94. The van der Waals surface area contributed by atoms with E-state index in [1.807, 2.05) is 18.7 Å². The molecule has 15 heavy (non-hydrogen) atoms. The van der Waals surface area contributed by atoms with Crippen LogP contribution in [0, 0.1) is 5.92 Å². The predicted molar refractivity (Wildman–Crippen MR) is 51.4 cm³/mol. The Labute approximate surface area is 88.4 Å². The molecular formula is C10H18F3NO. The second kappa shape index (κ2) is 5.16. The van der Waals surface area contributed by atoms with E-state index >= 15 is 0 Å². The minimum Gasteiger partial charge on any atom is -0.364 e. The van der Waals surface area contributed by atoms with Gasteiger partial charge in [-0.25, -0.2) is 0 Å². The molecular weight excluding hydrogens is 207 g/mol. The van der Waals surface area contributed by atoms with E-state index in [0.717, 1.165) is 0 Å². The molecule has 0 aromatic rings. The number of hydrogen-bond acceptors (Lipinski definition) is 2. The van der Waals surface area contributed by atoms with Crippen molar-refractivity contribution in [3.63, 3.8) is 0 Å². The van der Waals surface area contributed by atoms with Crippen molar-refractivity contribution in [1.82, 2.24) is 4.90 Å². The molecule has 0 aliphatic carbocycles. The average Bonchev–Trinajstić information content (AvgIpc) is 2.17. The van der Waals surface area contributed by atoms with Gasteiger partial charge in [-0.15, -0.1) is 0 Å². The van der Waals surface area contributed by atoms with E-state index in [4.69, 9.17) is 4.74 Å². The molecule has 90 valence electrons. The van der Waals surface area contributed by atoms with E-state index in [-0.39, 0.29) is 19.1 Å². The van der Waals surface area contributed by atoms with Crippen LogP contribution in [0.5, 0.6) is 0 Å². The molecule has 0 N–H and O–H groups in total. The molecule has 1 fully saturated rings. The van der Waals surface area contributed by atoms with Crippen molar-refractivity contribution in [1.29, 1.82) is 0 Å². The van der Waals surface area contributed by atoms with Crippen molar-refractivity contribution in [2.75, 3.05) is 19.7 Å². The van der Waals surface area contributed by atoms with Crippen molar-refractivity contribution in [2.24, 2.45) is 5.92 Å². The van der Waals surface area contributed by atoms with Crippen LogP contribution in [0.1, 0.15) is 26.7 Å². The molecule has 2 nitrogen and oxygen atoms in total. The molecule has 0 amide bonds. The molecule has 1 heterocycles. The Morgan fingerprint density at radius 3 is 2.27 bits per heavy atom. The number of hydrogen-bond donors (Lipinski definition) is 0. The van der Waals surface area contributed by atoms with Crippen molar-refractivity contribution in [2.45, 2.75) is 39.1 Å². The number of nitrogens with zero attached hydrogens (tertiary/aromatic N) is 1. The van der Waals surface area contributed by atoms with E-state index in [2.05, 4.69) is 0 Å². The topological polar surface area (TPSA) is 12.5 Å². The fourth-order valence-electron chi connectivity index (χ4n) is 1.94. The highest BCUT2D eigenvalue weighted by atomic mass is 19.4. The summed E-state index contributed by atoms with van der Waals surface area (Å²) in [6.07, 6.45) is -3.70. The van der Waals surface area contributed by atoms with Gasteiger partial charge >= 0.3 is 6.18 Å². The quantitative estimate of drug-likeness (QED) is 0.732. The number of alkyl halides is 3. The molecule has 0 spiro atoms. The summed E-state index contributed by atoms with van der Waals surface area (Å²) in [7, 11) is 0. The van der Waals surface area contributed by atoms with Gasteiger partial charge in [0.25, 0.3) is 0 Å². The van der Waals surface area contributed by atoms with E-state index < -0.39 is 12.1 Å². The van der Waals surface area contributed by atoms with E-state index in [9.17, 15) is 13.2 Å². The molecule has 5 heteroatoms. The lowest BCUT2D eigenvalue weighted by Crippen LogP contribution is -2.44. The summed E-state index contributed by atoms with van der Waals surface area (Å²) in [4.78, 5) is 1.96. The van der Waals surface area contributed by atoms with Crippen LogP contribution >= 0.6 is 0 Å². The third-order valence-corrected chi connectivity index (χ3v) is 2.91. The lowest BCUT2D eigenvalue weighted by atomic mass is 9.96. The first-order valence-electron chi connectivity index (χ1n) is 5.37. The molecule has 0 radical (unpaired) electrons. The summed E-state index contributed by atoms with van der Waals surface area (Å²) in [5.74, 6) is -1.12. The first-order valence-corrected chi connectivity index (χ1v) is 5.37. The van der Waals surface area contributed by atoms with Crippen LogP contribution in [0.25, 0.3) is 0 Å². The highest BCUT2D eigenvalue weighted by Crippen LogP contribution is 2.34. The monoisotopic (exact) mass is 225 g/mol. The zero-order chi connectivity index (χ0) is 11.5. The van der Waals surface area contributed by atoms with Crippen LogP contribution in [0.2, 0.25) is 0 Å². The molecule has 0 saturated carbocycles. The molecule has 1 aliphatic heterocycles. The van der Waals surface area contributed by atoms with Gasteiger partial charge in [-0.3, -0.25) is 4.90 Å². The number of likely N-dealkylation sites (tertiary alicyclic amines) is 1. The Balaban J connectivity index is 2.36. The lowest BCUT2D eigenvalue weighted by molar-refractivity contribution is -0.190. The minimum atomic E-state index is -4.03. The van der Waals surface area contributed by atoms with Crippen molar-refractivity contribution >= 4 is 0 Å². The first kappa shape index (κ1) is 12.8. The van der Waals surface area contributed by atoms with Crippen LogP contribution in [0.3, 0.4) is 0 Å². The Kier molecular flexibility index (Phi) is 4.40. The average molecular weight is 225 g/mol. The summed E-state index contributed by atoms with van der Waals surface area (Å²) < 4.78 is 42.5. The van der Waals surface area contributed by atoms with E-state index in [1.165, 1.54) is 0 Å². The fraction of sp³-hybridized carbons (Fsp3) is 1.00. The number of ether oxygens (including phenoxy) is 1. The van der Waals surface area contributed by atoms with Gasteiger partial charge in [-0.2, -0.15) is 13.2 Å². The molecule has 0 aromatic heterocycles. The normalized spacial score (nSPS) is 23.0. The highest BCUT2D eigenvalue weighted by molar-refractivity contribution is 4.77. The molecule has 0 bridgehead atoms. The van der Waals surface area contributed by atoms with Gasteiger partial charge in [-0.05, 0) is 26.7 Å². The first-order chi connectivity index (χ1) is 6.95. The van der Waals surface area contributed by atoms with Crippen molar-refractivity contribution in [3.8, 4) is 0 Å². The third-order valence-electron chi connectivity index (χ3n) is 2.91. The summed E-state index contributed by atoms with van der Waals surface area (Å²) in [6.45, 7) is 5.33. The summed E-state index contributed by atoms with van der Waals surface area (Å²) in [6, 6.07) is 0. The van der Waals surface area contributed by atoms with Crippen molar-refractivity contribution in [3.05, 3.63) is 0 Å². The third kappa shape index (κ3) is 3.65.